The summed E-state index contributed by atoms with van der Waals surface area (Å²) in [5, 5.41) is 9.64. The smallest absolute Gasteiger partial charge is 0.278 e. The van der Waals surface area contributed by atoms with Crippen LogP contribution in [0.25, 0.3) is 0 Å². The Morgan fingerprint density at radius 1 is 1.37 bits per heavy atom. The molecule has 98 valence electrons. The number of halogens is 1. The van der Waals surface area contributed by atoms with Crippen molar-refractivity contribution in [2.45, 2.75) is 13.0 Å². The lowest BCUT2D eigenvalue weighted by Gasteiger charge is -2.11. The maximum Gasteiger partial charge on any atom is 0.278 e. The summed E-state index contributed by atoms with van der Waals surface area (Å²) >= 11 is 0. The van der Waals surface area contributed by atoms with Gasteiger partial charge in [-0.25, -0.2) is 4.39 Å². The molecule has 0 unspecified atom stereocenters. The molecule has 1 amide bonds. The molecular weight excluding hydrogens is 249 g/mol. The molecule has 6 heteroatoms. The molecule has 19 heavy (non-hydrogen) atoms. The predicted octanol–water partition coefficient (Wildman–Crippen LogP) is 1.71. The number of amides is 1. The molecule has 0 saturated carbocycles. The van der Waals surface area contributed by atoms with E-state index in [0.717, 1.165) is 24.3 Å². The summed E-state index contributed by atoms with van der Waals surface area (Å²) in [5.74, 6) is 0.0596. The Morgan fingerprint density at radius 2 is 2.16 bits per heavy atom. The van der Waals surface area contributed by atoms with Crippen molar-refractivity contribution in [3.8, 4) is 0 Å². The van der Waals surface area contributed by atoms with E-state index in [2.05, 4.69) is 15.8 Å². The minimum atomic E-state index is -0.347. The standard InChI is InChI=1S/C13H12FN3O2/c14-8-1-3-9(4-2-8)16-13(18)12-10-7-15-6-5-11(10)19-17-12/h1-4,15H,5-7H2,(H,16,18). The van der Waals surface area contributed by atoms with Gasteiger partial charge >= 0.3 is 0 Å². The zero-order valence-electron chi connectivity index (χ0n) is 10.1. The van der Waals surface area contributed by atoms with Crippen molar-refractivity contribution in [3.05, 3.63) is 47.1 Å². The van der Waals surface area contributed by atoms with E-state index in [9.17, 15) is 9.18 Å². The lowest BCUT2D eigenvalue weighted by molar-refractivity contribution is 0.101. The van der Waals surface area contributed by atoms with Crippen molar-refractivity contribution in [1.82, 2.24) is 10.5 Å². The molecule has 0 aliphatic carbocycles. The zero-order chi connectivity index (χ0) is 13.2. The predicted molar refractivity (Wildman–Crippen MR) is 66.3 cm³/mol. The average Bonchev–Trinajstić information content (AvgIpc) is 2.85. The SMILES string of the molecule is O=C(Nc1ccc(F)cc1)c1noc2c1CNCC2. The highest BCUT2D eigenvalue weighted by atomic mass is 19.1. The summed E-state index contributed by atoms with van der Waals surface area (Å²) in [5.41, 5.74) is 1.60. The second-order valence-corrected chi connectivity index (χ2v) is 4.32. The number of nitrogens with zero attached hydrogens (tertiary/aromatic N) is 1. The van der Waals surface area contributed by atoms with E-state index in [4.69, 9.17) is 4.52 Å². The van der Waals surface area contributed by atoms with E-state index in [1.807, 2.05) is 0 Å². The van der Waals surface area contributed by atoms with Crippen LogP contribution in [0.1, 0.15) is 21.8 Å². The van der Waals surface area contributed by atoms with Crippen LogP contribution in [0.4, 0.5) is 10.1 Å². The van der Waals surface area contributed by atoms with Crippen LogP contribution in [0.2, 0.25) is 0 Å². The van der Waals surface area contributed by atoms with Gasteiger partial charge in [0.1, 0.15) is 11.6 Å². The Kier molecular flexibility index (Phi) is 3.00. The fourth-order valence-electron chi connectivity index (χ4n) is 2.04. The van der Waals surface area contributed by atoms with E-state index in [1.54, 1.807) is 0 Å². The van der Waals surface area contributed by atoms with Crippen LogP contribution in [0.3, 0.4) is 0 Å². The van der Waals surface area contributed by atoms with Gasteiger partial charge in [0, 0.05) is 30.8 Å². The molecule has 1 aromatic carbocycles. The molecule has 1 aliphatic heterocycles. The first-order valence-corrected chi connectivity index (χ1v) is 5.99. The maximum absolute atomic E-state index is 12.8. The molecule has 0 saturated heterocycles. The first-order chi connectivity index (χ1) is 9.24. The van der Waals surface area contributed by atoms with Crippen molar-refractivity contribution < 1.29 is 13.7 Å². The Balaban J connectivity index is 1.80. The van der Waals surface area contributed by atoms with E-state index < -0.39 is 0 Å². The van der Waals surface area contributed by atoms with Crippen LogP contribution in [0.15, 0.2) is 28.8 Å². The molecular formula is C13H12FN3O2. The fourth-order valence-corrected chi connectivity index (χ4v) is 2.04. The van der Waals surface area contributed by atoms with Gasteiger partial charge in [-0.3, -0.25) is 4.79 Å². The second-order valence-electron chi connectivity index (χ2n) is 4.32. The maximum atomic E-state index is 12.8. The highest BCUT2D eigenvalue weighted by molar-refractivity contribution is 6.03. The number of aromatic nitrogens is 1. The van der Waals surface area contributed by atoms with Crippen molar-refractivity contribution in [2.75, 3.05) is 11.9 Å². The van der Waals surface area contributed by atoms with Crippen LogP contribution < -0.4 is 10.6 Å². The lowest BCUT2D eigenvalue weighted by Crippen LogP contribution is -2.25. The van der Waals surface area contributed by atoms with Crippen LogP contribution in [0.5, 0.6) is 0 Å². The number of hydrogen-bond donors (Lipinski definition) is 2. The third-order valence-corrected chi connectivity index (χ3v) is 3.02. The van der Waals surface area contributed by atoms with Crippen LogP contribution >= 0.6 is 0 Å². The number of benzene rings is 1. The Hall–Kier alpha value is -2.21. The molecule has 0 bridgehead atoms. The van der Waals surface area contributed by atoms with Crippen molar-refractivity contribution in [1.29, 1.82) is 0 Å². The first-order valence-electron chi connectivity index (χ1n) is 5.99. The highest BCUT2D eigenvalue weighted by Gasteiger charge is 2.23. The van der Waals surface area contributed by atoms with Gasteiger partial charge < -0.3 is 15.2 Å². The van der Waals surface area contributed by atoms with Crippen LogP contribution in [-0.4, -0.2) is 17.6 Å². The van der Waals surface area contributed by atoms with E-state index in [-0.39, 0.29) is 17.4 Å². The van der Waals surface area contributed by atoms with Gasteiger partial charge in [-0.1, -0.05) is 5.16 Å². The third kappa shape index (κ3) is 2.34. The quantitative estimate of drug-likeness (QED) is 0.863. The average molecular weight is 261 g/mol. The number of carbonyl (C=O) groups is 1. The number of carbonyl (C=O) groups excluding carboxylic acids is 1. The summed E-state index contributed by atoms with van der Waals surface area (Å²) in [7, 11) is 0. The molecule has 0 spiro atoms. The number of fused-ring (bicyclic) bond motifs is 1. The minimum Gasteiger partial charge on any atom is -0.360 e. The van der Waals surface area contributed by atoms with Gasteiger partial charge in [-0.15, -0.1) is 0 Å². The largest absolute Gasteiger partial charge is 0.360 e. The Morgan fingerprint density at radius 3 is 2.95 bits per heavy atom. The summed E-state index contributed by atoms with van der Waals surface area (Å²) in [6.07, 6.45) is 0.728. The summed E-state index contributed by atoms with van der Waals surface area (Å²) < 4.78 is 17.9. The third-order valence-electron chi connectivity index (χ3n) is 3.02. The zero-order valence-corrected chi connectivity index (χ0v) is 10.1. The number of nitrogens with one attached hydrogen (secondary N) is 2. The molecule has 1 aliphatic rings. The van der Waals surface area contributed by atoms with Gasteiger partial charge in [0.25, 0.3) is 5.91 Å². The van der Waals surface area contributed by atoms with Crippen molar-refractivity contribution in [2.24, 2.45) is 0 Å². The van der Waals surface area contributed by atoms with Gasteiger partial charge in [0.15, 0.2) is 5.69 Å². The Labute approximate surface area is 108 Å². The monoisotopic (exact) mass is 261 g/mol. The summed E-state index contributed by atoms with van der Waals surface area (Å²) in [4.78, 5) is 12.1. The molecule has 0 radical (unpaired) electrons. The van der Waals surface area contributed by atoms with Gasteiger partial charge in [0.2, 0.25) is 0 Å². The second kappa shape index (κ2) is 4.81. The molecule has 1 aromatic heterocycles. The number of anilines is 1. The molecule has 2 aromatic rings. The van der Waals surface area contributed by atoms with Crippen molar-refractivity contribution in [3.63, 3.8) is 0 Å². The van der Waals surface area contributed by atoms with Gasteiger partial charge in [-0.2, -0.15) is 0 Å². The topological polar surface area (TPSA) is 67.2 Å². The van der Waals surface area contributed by atoms with Gasteiger partial charge in [-0.05, 0) is 24.3 Å². The molecule has 2 heterocycles. The summed E-state index contributed by atoms with van der Waals surface area (Å²) in [6.45, 7) is 1.40. The summed E-state index contributed by atoms with van der Waals surface area (Å²) in [6, 6.07) is 5.57. The molecule has 3 rings (SSSR count). The minimum absolute atomic E-state index is 0.284. The van der Waals surface area contributed by atoms with Gasteiger partial charge in [0.05, 0.1) is 0 Å². The first kappa shape index (κ1) is 11.9. The normalized spacial score (nSPS) is 13.9. The molecule has 5 nitrogen and oxygen atoms in total. The van der Waals surface area contributed by atoms with E-state index in [1.165, 1.54) is 24.3 Å². The van der Waals surface area contributed by atoms with Crippen molar-refractivity contribution >= 4 is 11.6 Å². The number of hydrogen-bond acceptors (Lipinski definition) is 4. The highest BCUT2D eigenvalue weighted by Crippen LogP contribution is 2.19. The van der Waals surface area contributed by atoms with E-state index >= 15 is 0 Å². The Bertz CT molecular complexity index is 607. The molecule has 0 fully saturated rings. The lowest BCUT2D eigenvalue weighted by atomic mass is 10.1. The molecule has 0 atom stereocenters. The van der Waals surface area contributed by atoms with E-state index in [0.29, 0.717) is 12.2 Å². The molecule has 2 N–H and O–H groups in total. The van der Waals surface area contributed by atoms with Crippen LogP contribution in [0, 0.1) is 5.82 Å². The van der Waals surface area contributed by atoms with Crippen LogP contribution in [-0.2, 0) is 13.0 Å². The fraction of sp³-hybridized carbons (Fsp3) is 0.231. The number of rotatable bonds is 2.